The van der Waals surface area contributed by atoms with Gasteiger partial charge in [-0.1, -0.05) is 25.0 Å². The second-order valence-corrected chi connectivity index (χ2v) is 12.2. The van der Waals surface area contributed by atoms with Crippen molar-refractivity contribution in [3.05, 3.63) is 88.6 Å². The van der Waals surface area contributed by atoms with Crippen molar-refractivity contribution in [3.8, 4) is 5.75 Å². The summed E-state index contributed by atoms with van der Waals surface area (Å²) in [5, 5.41) is 6.25. The van der Waals surface area contributed by atoms with E-state index in [1.807, 2.05) is 18.2 Å². The molecule has 1 aromatic heterocycles. The van der Waals surface area contributed by atoms with Crippen LogP contribution in [0.2, 0.25) is 0 Å². The molecule has 2 amide bonds. The van der Waals surface area contributed by atoms with E-state index < -0.39 is 34.1 Å². The van der Waals surface area contributed by atoms with Crippen LogP contribution in [-0.4, -0.2) is 46.3 Å². The number of carbonyl (C=O) groups excluding carboxylic acids is 3. The Bertz CT molecular complexity index is 1630. The third-order valence-corrected chi connectivity index (χ3v) is 9.63. The first-order chi connectivity index (χ1) is 20.1. The highest BCUT2D eigenvalue weighted by Gasteiger charge is 2.54. The molecule has 1 saturated heterocycles. The lowest BCUT2D eigenvalue weighted by molar-refractivity contribution is -0.157. The molecular formula is C32H30F2N4O4. The zero-order valence-electron chi connectivity index (χ0n) is 23.1. The molecule has 3 heterocycles. The minimum absolute atomic E-state index is 0.0999. The van der Waals surface area contributed by atoms with Gasteiger partial charge in [0.05, 0.1) is 16.5 Å². The lowest BCUT2D eigenvalue weighted by atomic mass is 9.79. The van der Waals surface area contributed by atoms with E-state index in [2.05, 4.69) is 15.6 Å². The maximum absolute atomic E-state index is 14.3. The van der Waals surface area contributed by atoms with Crippen molar-refractivity contribution in [2.75, 3.05) is 18.4 Å². The number of fused-ring (bicyclic) bond motifs is 3. The zero-order chi connectivity index (χ0) is 29.3. The molecule has 7 rings (SSSR count). The minimum atomic E-state index is -1.19. The van der Waals surface area contributed by atoms with Crippen molar-refractivity contribution < 1.29 is 27.9 Å². The zero-order valence-corrected chi connectivity index (χ0v) is 23.1. The van der Waals surface area contributed by atoms with E-state index in [4.69, 9.17) is 4.74 Å². The van der Waals surface area contributed by atoms with Crippen LogP contribution in [-0.2, 0) is 38.2 Å². The summed E-state index contributed by atoms with van der Waals surface area (Å²) < 4.78 is 34.3. The van der Waals surface area contributed by atoms with Gasteiger partial charge in [0.2, 0.25) is 11.8 Å². The fraction of sp³-hybridized carbons (Fsp3) is 0.375. The van der Waals surface area contributed by atoms with E-state index in [9.17, 15) is 23.2 Å². The summed E-state index contributed by atoms with van der Waals surface area (Å²) in [6, 6.07) is 12.2. The number of hydrogen-bond donors (Lipinski definition) is 2. The van der Waals surface area contributed by atoms with E-state index in [1.165, 1.54) is 17.0 Å². The van der Waals surface area contributed by atoms with Crippen molar-refractivity contribution in [3.63, 3.8) is 0 Å². The average Bonchev–Trinajstić information content (AvgIpc) is 3.65. The molecule has 2 atom stereocenters. The number of benzene rings is 2. The van der Waals surface area contributed by atoms with Gasteiger partial charge in [0.1, 0.15) is 29.7 Å². The van der Waals surface area contributed by atoms with Crippen molar-refractivity contribution in [2.45, 2.75) is 61.9 Å². The molecule has 42 heavy (non-hydrogen) atoms. The molecule has 3 aromatic rings. The lowest BCUT2D eigenvalue weighted by Gasteiger charge is -2.51. The Hall–Kier alpha value is -4.18. The van der Waals surface area contributed by atoms with Gasteiger partial charge in [-0.25, -0.2) is 18.6 Å². The molecule has 8 nitrogen and oxygen atoms in total. The molecule has 0 radical (unpaired) electrons. The normalized spacial score (nSPS) is 25.5. The Balaban J connectivity index is 1.14. The number of rotatable bonds is 4. The van der Waals surface area contributed by atoms with Gasteiger partial charge >= 0.3 is 5.97 Å². The van der Waals surface area contributed by atoms with Crippen LogP contribution in [0.5, 0.6) is 5.75 Å². The molecular weight excluding hydrogens is 542 g/mol. The Kier molecular flexibility index (Phi) is 5.99. The molecule has 10 heteroatoms. The van der Waals surface area contributed by atoms with Crippen LogP contribution in [0.15, 0.2) is 54.7 Å². The van der Waals surface area contributed by atoms with Gasteiger partial charge in [0.15, 0.2) is 0 Å². The second-order valence-electron chi connectivity index (χ2n) is 12.2. The summed E-state index contributed by atoms with van der Waals surface area (Å²) in [5.41, 5.74) is 0.261. The number of pyridine rings is 1. The highest BCUT2D eigenvalue weighted by Crippen LogP contribution is 2.47. The van der Waals surface area contributed by atoms with Gasteiger partial charge in [-0.05, 0) is 79.6 Å². The van der Waals surface area contributed by atoms with E-state index in [0.717, 1.165) is 35.6 Å². The summed E-state index contributed by atoms with van der Waals surface area (Å²) in [7, 11) is 0. The lowest BCUT2D eigenvalue weighted by Crippen LogP contribution is -2.71. The molecule has 2 aliphatic heterocycles. The topological polar surface area (TPSA) is 101 Å². The minimum Gasteiger partial charge on any atom is -0.425 e. The molecule has 2 fully saturated rings. The fourth-order valence-corrected chi connectivity index (χ4v) is 7.33. The first-order valence-electron chi connectivity index (χ1n) is 14.3. The summed E-state index contributed by atoms with van der Waals surface area (Å²) in [6.07, 6.45) is 5.61. The van der Waals surface area contributed by atoms with Crippen molar-refractivity contribution >= 4 is 23.6 Å². The molecule has 0 unspecified atom stereocenters. The summed E-state index contributed by atoms with van der Waals surface area (Å²) >= 11 is 0. The van der Waals surface area contributed by atoms with E-state index in [0.29, 0.717) is 37.3 Å². The van der Waals surface area contributed by atoms with E-state index in [1.54, 1.807) is 25.3 Å². The van der Waals surface area contributed by atoms with Gasteiger partial charge < -0.3 is 20.3 Å². The van der Waals surface area contributed by atoms with Crippen molar-refractivity contribution in [1.29, 1.82) is 0 Å². The van der Waals surface area contributed by atoms with E-state index in [-0.39, 0.29) is 30.5 Å². The summed E-state index contributed by atoms with van der Waals surface area (Å²) in [6.45, 7) is 1.54. The molecule has 216 valence electrons. The number of nitrogens with zero attached hydrogens (tertiary/aromatic N) is 2. The van der Waals surface area contributed by atoms with Gasteiger partial charge in [0, 0.05) is 24.4 Å². The Morgan fingerprint density at radius 2 is 1.76 bits per heavy atom. The SMILES string of the molecule is C[C@@]1(c2cc(F)cc(F)c2)CNC2(CCCC2)C(=O)N1CC(=O)Oc1ccc2c(c1)C[C@@]1(C2)C(=O)Nc2ncccc21. The van der Waals surface area contributed by atoms with Gasteiger partial charge in [-0.15, -0.1) is 0 Å². The highest BCUT2D eigenvalue weighted by molar-refractivity contribution is 6.06. The summed E-state index contributed by atoms with van der Waals surface area (Å²) in [5.74, 6) is -1.67. The third-order valence-electron chi connectivity index (χ3n) is 9.63. The molecule has 0 bridgehead atoms. The number of ether oxygens (including phenoxy) is 1. The third kappa shape index (κ3) is 4.03. The quantitative estimate of drug-likeness (QED) is 0.363. The fourth-order valence-electron chi connectivity index (χ4n) is 7.33. The van der Waals surface area contributed by atoms with Crippen LogP contribution in [0.1, 0.15) is 54.9 Å². The Labute approximate surface area is 241 Å². The monoisotopic (exact) mass is 572 g/mol. The maximum atomic E-state index is 14.3. The molecule has 2 N–H and O–H groups in total. The van der Waals surface area contributed by atoms with Gasteiger partial charge in [-0.3, -0.25) is 9.59 Å². The van der Waals surface area contributed by atoms with Crippen molar-refractivity contribution in [2.24, 2.45) is 0 Å². The number of hydrogen-bond acceptors (Lipinski definition) is 6. The standard InChI is InChI=1S/C32H30F2N4O4/c1-30(21-12-22(33)14-23(34)13-21)18-36-32(8-2-3-9-32)29(41)38(30)17-26(39)42-24-7-6-19-15-31(16-20(19)11-24)25-5-4-10-35-27(25)37-28(31)40/h4-7,10-14,36H,2-3,8-9,15-18H2,1H3,(H,35,37,40)/t30-,31+/m0/s1. The highest BCUT2D eigenvalue weighted by atomic mass is 19.1. The van der Waals surface area contributed by atoms with Crippen LogP contribution in [0.4, 0.5) is 14.6 Å². The first kappa shape index (κ1) is 26.7. The molecule has 2 spiro atoms. The maximum Gasteiger partial charge on any atom is 0.331 e. The average molecular weight is 573 g/mol. The van der Waals surface area contributed by atoms with Crippen LogP contribution in [0.25, 0.3) is 0 Å². The second kappa shape index (κ2) is 9.42. The molecule has 2 aromatic carbocycles. The number of nitrogens with one attached hydrogen (secondary N) is 2. The van der Waals surface area contributed by atoms with Gasteiger partial charge in [0.25, 0.3) is 0 Å². The molecule has 4 aliphatic rings. The molecule has 2 aliphatic carbocycles. The number of esters is 1. The summed E-state index contributed by atoms with van der Waals surface area (Å²) in [4.78, 5) is 46.1. The smallest absolute Gasteiger partial charge is 0.331 e. The van der Waals surface area contributed by atoms with Crippen molar-refractivity contribution in [1.82, 2.24) is 15.2 Å². The Morgan fingerprint density at radius 3 is 2.52 bits per heavy atom. The number of aromatic nitrogens is 1. The van der Waals surface area contributed by atoms with E-state index >= 15 is 0 Å². The van der Waals surface area contributed by atoms with Gasteiger partial charge in [-0.2, -0.15) is 0 Å². The number of anilines is 1. The van der Waals surface area contributed by atoms with Crippen LogP contribution in [0, 0.1) is 11.6 Å². The van der Waals surface area contributed by atoms with Crippen LogP contribution < -0.4 is 15.4 Å². The predicted molar refractivity (Wildman–Crippen MR) is 149 cm³/mol. The number of piperazine rings is 1. The Morgan fingerprint density at radius 1 is 1.02 bits per heavy atom. The molecule has 1 saturated carbocycles. The first-order valence-corrected chi connectivity index (χ1v) is 14.3. The van der Waals surface area contributed by atoms with Crippen LogP contribution in [0.3, 0.4) is 0 Å². The predicted octanol–water partition coefficient (Wildman–Crippen LogP) is 3.91. The number of halogens is 2. The largest absolute Gasteiger partial charge is 0.425 e. The number of amides is 2. The number of carbonyl (C=O) groups is 3. The van der Waals surface area contributed by atoms with Crippen LogP contribution >= 0.6 is 0 Å².